The molecule has 0 N–H and O–H groups in total. The minimum Gasteiger partial charge on any atom is -0.309 e. The summed E-state index contributed by atoms with van der Waals surface area (Å²) in [6.45, 7) is 0. The van der Waals surface area contributed by atoms with E-state index in [1.54, 1.807) is 6.20 Å². The minimum absolute atomic E-state index is 0.418. The highest BCUT2D eigenvalue weighted by Gasteiger charge is 2.13. The molecule has 0 aliphatic rings. The van der Waals surface area contributed by atoms with E-state index in [0.29, 0.717) is 5.69 Å². The Morgan fingerprint density at radius 3 is 1.88 bits per heavy atom. The molecule has 0 radical (unpaired) electrons. The predicted molar refractivity (Wildman–Crippen MR) is 134 cm³/mol. The summed E-state index contributed by atoms with van der Waals surface area (Å²) in [6, 6.07) is 40.0. The van der Waals surface area contributed by atoms with E-state index in [4.69, 9.17) is 0 Å². The maximum Gasteiger partial charge on any atom is 0.141 e. The summed E-state index contributed by atoms with van der Waals surface area (Å²) < 4.78 is 2.33. The van der Waals surface area contributed by atoms with Crippen LogP contribution in [0.1, 0.15) is 5.69 Å². The van der Waals surface area contributed by atoms with Gasteiger partial charge in [0.1, 0.15) is 11.8 Å². The highest BCUT2D eigenvalue weighted by Crippen LogP contribution is 2.36. The molecule has 154 valence electrons. The molecular weight excluding hydrogens is 402 g/mol. The van der Waals surface area contributed by atoms with Gasteiger partial charge in [-0.05, 0) is 58.7 Å². The maximum atomic E-state index is 9.30. The number of nitriles is 1. The standard InChI is InChI=1S/C30H19N3/c31-20-23-18-22(16-17-32-23)26-11-2-1-10-25(26)21-8-7-9-24(19-21)33-29-14-5-3-12-27(29)28-13-4-6-15-30(28)33/h1-19H. The molecule has 0 saturated heterocycles. The molecule has 3 nitrogen and oxygen atoms in total. The Morgan fingerprint density at radius 2 is 1.21 bits per heavy atom. The summed E-state index contributed by atoms with van der Waals surface area (Å²) in [4.78, 5) is 4.13. The molecule has 33 heavy (non-hydrogen) atoms. The summed E-state index contributed by atoms with van der Waals surface area (Å²) in [5, 5.41) is 11.8. The SMILES string of the molecule is N#Cc1cc(-c2ccccc2-c2cccc(-n3c4ccccc4c4ccccc43)c2)ccn1. The summed E-state index contributed by atoms with van der Waals surface area (Å²) in [7, 11) is 0. The largest absolute Gasteiger partial charge is 0.309 e. The topological polar surface area (TPSA) is 41.6 Å². The number of fused-ring (bicyclic) bond motifs is 3. The first kappa shape index (κ1) is 19.0. The molecule has 0 bridgehead atoms. The minimum atomic E-state index is 0.418. The Bertz CT molecular complexity index is 1630. The van der Waals surface area contributed by atoms with Crippen LogP contribution in [0.2, 0.25) is 0 Å². The van der Waals surface area contributed by atoms with Crippen molar-refractivity contribution in [2.24, 2.45) is 0 Å². The number of rotatable bonds is 3. The number of hydrogen-bond acceptors (Lipinski definition) is 2. The van der Waals surface area contributed by atoms with Crippen molar-refractivity contribution in [3.63, 3.8) is 0 Å². The Morgan fingerprint density at radius 1 is 0.606 bits per heavy atom. The molecule has 0 atom stereocenters. The molecule has 0 saturated carbocycles. The zero-order chi connectivity index (χ0) is 22.2. The number of pyridine rings is 1. The lowest BCUT2D eigenvalue weighted by molar-refractivity contribution is 1.18. The van der Waals surface area contributed by atoms with Gasteiger partial charge >= 0.3 is 0 Å². The molecule has 3 heteroatoms. The van der Waals surface area contributed by atoms with E-state index < -0.39 is 0 Å². The van der Waals surface area contributed by atoms with E-state index in [9.17, 15) is 5.26 Å². The number of benzene rings is 4. The molecule has 2 heterocycles. The van der Waals surface area contributed by atoms with Gasteiger partial charge in [-0.25, -0.2) is 4.98 Å². The van der Waals surface area contributed by atoms with Gasteiger partial charge in [0.2, 0.25) is 0 Å². The van der Waals surface area contributed by atoms with Crippen molar-refractivity contribution < 1.29 is 0 Å². The number of para-hydroxylation sites is 2. The van der Waals surface area contributed by atoms with E-state index in [1.807, 2.05) is 18.2 Å². The van der Waals surface area contributed by atoms with Crippen LogP contribution in [0, 0.1) is 11.3 Å². The van der Waals surface area contributed by atoms with Gasteiger partial charge < -0.3 is 4.57 Å². The molecule has 6 aromatic rings. The average Bonchev–Trinajstić information content (AvgIpc) is 3.23. The number of aromatic nitrogens is 2. The Kier molecular flexibility index (Phi) is 4.49. The summed E-state index contributed by atoms with van der Waals surface area (Å²) in [5.41, 5.74) is 8.23. The van der Waals surface area contributed by atoms with Crippen LogP contribution in [-0.2, 0) is 0 Å². The average molecular weight is 422 g/mol. The molecular formula is C30H19N3. The zero-order valence-electron chi connectivity index (χ0n) is 17.8. The number of hydrogen-bond donors (Lipinski definition) is 0. The van der Waals surface area contributed by atoms with Gasteiger partial charge in [-0.15, -0.1) is 0 Å². The fourth-order valence-electron chi connectivity index (χ4n) is 4.66. The van der Waals surface area contributed by atoms with Crippen molar-refractivity contribution in [2.75, 3.05) is 0 Å². The fourth-order valence-corrected chi connectivity index (χ4v) is 4.66. The van der Waals surface area contributed by atoms with Crippen LogP contribution < -0.4 is 0 Å². The Hall–Kier alpha value is -4.68. The molecule has 0 unspecified atom stereocenters. The molecule has 0 fully saturated rings. The summed E-state index contributed by atoms with van der Waals surface area (Å²) >= 11 is 0. The van der Waals surface area contributed by atoms with Gasteiger partial charge in [-0.3, -0.25) is 0 Å². The molecule has 0 amide bonds. The van der Waals surface area contributed by atoms with Crippen LogP contribution in [0.5, 0.6) is 0 Å². The molecule has 6 rings (SSSR count). The van der Waals surface area contributed by atoms with Crippen molar-refractivity contribution in [1.82, 2.24) is 9.55 Å². The quantitative estimate of drug-likeness (QED) is 0.299. The lowest BCUT2D eigenvalue weighted by Gasteiger charge is -2.13. The van der Waals surface area contributed by atoms with Crippen molar-refractivity contribution >= 4 is 21.8 Å². The van der Waals surface area contributed by atoms with Gasteiger partial charge in [0.05, 0.1) is 11.0 Å². The molecule has 0 aliphatic carbocycles. The lowest BCUT2D eigenvalue weighted by atomic mass is 9.94. The monoisotopic (exact) mass is 421 g/mol. The van der Waals surface area contributed by atoms with E-state index in [0.717, 1.165) is 27.9 Å². The molecule has 4 aromatic carbocycles. The normalized spacial score (nSPS) is 11.0. The van der Waals surface area contributed by atoms with Crippen LogP contribution in [0.3, 0.4) is 0 Å². The third-order valence-corrected chi connectivity index (χ3v) is 6.11. The van der Waals surface area contributed by atoms with Gasteiger partial charge in [0.25, 0.3) is 0 Å². The van der Waals surface area contributed by atoms with Crippen LogP contribution >= 0.6 is 0 Å². The summed E-state index contributed by atoms with van der Waals surface area (Å²) in [5.74, 6) is 0. The first-order valence-corrected chi connectivity index (χ1v) is 10.9. The highest BCUT2D eigenvalue weighted by atomic mass is 15.0. The second-order valence-electron chi connectivity index (χ2n) is 8.01. The second kappa shape index (κ2) is 7.78. The fraction of sp³-hybridized carbons (Fsp3) is 0. The van der Waals surface area contributed by atoms with Crippen LogP contribution in [-0.4, -0.2) is 9.55 Å². The van der Waals surface area contributed by atoms with Gasteiger partial charge in [0.15, 0.2) is 0 Å². The summed E-state index contributed by atoms with van der Waals surface area (Å²) in [6.07, 6.45) is 1.69. The first-order valence-electron chi connectivity index (χ1n) is 10.9. The van der Waals surface area contributed by atoms with Crippen LogP contribution in [0.15, 0.2) is 115 Å². The third kappa shape index (κ3) is 3.17. The van der Waals surface area contributed by atoms with Gasteiger partial charge in [-0.1, -0.05) is 72.8 Å². The second-order valence-corrected chi connectivity index (χ2v) is 8.01. The molecule has 2 aromatic heterocycles. The Labute approximate surface area is 191 Å². The van der Waals surface area contributed by atoms with Crippen molar-refractivity contribution in [1.29, 1.82) is 5.26 Å². The van der Waals surface area contributed by atoms with Gasteiger partial charge in [0, 0.05) is 22.7 Å². The van der Waals surface area contributed by atoms with Crippen molar-refractivity contribution in [3.8, 4) is 34.0 Å². The lowest BCUT2D eigenvalue weighted by Crippen LogP contribution is -1.94. The van der Waals surface area contributed by atoms with Crippen molar-refractivity contribution in [2.45, 2.75) is 0 Å². The molecule has 0 aliphatic heterocycles. The smallest absolute Gasteiger partial charge is 0.141 e. The predicted octanol–water partition coefficient (Wildman–Crippen LogP) is 7.38. The van der Waals surface area contributed by atoms with E-state index in [1.165, 1.54) is 21.8 Å². The van der Waals surface area contributed by atoms with Crippen molar-refractivity contribution in [3.05, 3.63) is 121 Å². The first-order chi connectivity index (χ1) is 16.3. The highest BCUT2D eigenvalue weighted by molar-refractivity contribution is 6.09. The zero-order valence-corrected chi connectivity index (χ0v) is 17.8. The maximum absolute atomic E-state index is 9.30. The van der Waals surface area contributed by atoms with Crippen LogP contribution in [0.25, 0.3) is 49.7 Å². The Balaban J connectivity index is 1.57. The third-order valence-electron chi connectivity index (χ3n) is 6.11. The number of nitrogens with zero attached hydrogens (tertiary/aromatic N) is 3. The van der Waals surface area contributed by atoms with Crippen LogP contribution in [0.4, 0.5) is 0 Å². The van der Waals surface area contributed by atoms with E-state index in [-0.39, 0.29) is 0 Å². The van der Waals surface area contributed by atoms with Gasteiger partial charge in [-0.2, -0.15) is 5.26 Å². The van der Waals surface area contributed by atoms with E-state index in [2.05, 4.69) is 107 Å². The molecule has 0 spiro atoms. The van der Waals surface area contributed by atoms with E-state index >= 15 is 0 Å².